The van der Waals surface area contributed by atoms with Gasteiger partial charge in [0, 0.05) is 26.0 Å². The molecule has 17 heteroatoms. The van der Waals surface area contributed by atoms with Crippen LogP contribution in [0.15, 0.2) is 42.5 Å². The standard InChI is InChI=1S/C39H58N2O15/c1-47-37-30-33(36(41(45)46)31-38(37)48-2)7-10-34(42)4-3-14-49-16-18-51-20-22-53-24-26-55-28-29-56-27-25-54-23-21-52-19-17-50-15-12-39(44)40-13-11-32-5-8-35(43)9-6-32/h5-10,30-31,43H,3-4,11-29H2,1-2H3,(H,40,44)/b10-7+. The van der Waals surface area contributed by atoms with Crippen molar-refractivity contribution in [3.63, 3.8) is 0 Å². The summed E-state index contributed by atoms with van der Waals surface area (Å²) in [6.07, 6.45) is 4.44. The summed E-state index contributed by atoms with van der Waals surface area (Å²) in [7, 11) is 2.82. The lowest BCUT2D eigenvalue weighted by atomic mass is 10.1. The Kier molecular flexibility index (Phi) is 27.4. The van der Waals surface area contributed by atoms with Gasteiger partial charge in [-0.1, -0.05) is 12.1 Å². The number of nitro benzene ring substituents is 1. The van der Waals surface area contributed by atoms with E-state index in [4.69, 9.17) is 47.4 Å². The SMILES string of the molecule is COc1cc(/C=C/C(=O)CCCOCCOCCOCCOCCOCCOCCOCCOCCC(=O)NCCc2ccc(O)cc2)c([N+](=O)[O-])cc1OC. The van der Waals surface area contributed by atoms with E-state index in [1.807, 2.05) is 12.1 Å². The second-order valence-corrected chi connectivity index (χ2v) is 11.8. The van der Waals surface area contributed by atoms with Crippen LogP contribution in [0, 0.1) is 10.1 Å². The number of nitrogens with zero attached hydrogens (tertiary/aromatic N) is 1. The molecule has 0 unspecified atom stereocenters. The molecule has 2 aromatic rings. The number of hydrogen-bond acceptors (Lipinski definition) is 15. The van der Waals surface area contributed by atoms with Crippen LogP contribution < -0.4 is 14.8 Å². The third-order valence-electron chi connectivity index (χ3n) is 7.64. The molecule has 0 aliphatic carbocycles. The Labute approximate surface area is 328 Å². The fourth-order valence-corrected chi connectivity index (χ4v) is 4.69. The minimum absolute atomic E-state index is 0.0680. The fraction of sp³-hybridized carbons (Fsp3) is 0.590. The summed E-state index contributed by atoms with van der Waals surface area (Å²) in [4.78, 5) is 35.0. The monoisotopic (exact) mass is 794 g/mol. The lowest BCUT2D eigenvalue weighted by Crippen LogP contribution is -2.26. The molecule has 0 fully saturated rings. The van der Waals surface area contributed by atoms with Gasteiger partial charge in [-0.3, -0.25) is 19.7 Å². The number of nitrogens with one attached hydrogen (secondary N) is 1. The van der Waals surface area contributed by atoms with Crippen LogP contribution in [0.4, 0.5) is 5.69 Å². The summed E-state index contributed by atoms with van der Waals surface area (Å²) < 4.78 is 54.1. The second kappa shape index (κ2) is 31.9. The Morgan fingerprint density at radius 2 is 1.11 bits per heavy atom. The molecule has 0 atom stereocenters. The quantitative estimate of drug-likeness (QED) is 0.0439. The van der Waals surface area contributed by atoms with E-state index in [0.29, 0.717) is 131 Å². The van der Waals surface area contributed by atoms with Gasteiger partial charge in [-0.25, -0.2) is 0 Å². The minimum atomic E-state index is -0.541. The van der Waals surface area contributed by atoms with Crippen molar-refractivity contribution in [2.75, 3.05) is 126 Å². The molecule has 0 heterocycles. The molecule has 0 saturated heterocycles. The largest absolute Gasteiger partial charge is 0.508 e. The molecule has 17 nitrogen and oxygen atoms in total. The lowest BCUT2D eigenvalue weighted by Gasteiger charge is -2.09. The zero-order chi connectivity index (χ0) is 40.5. The summed E-state index contributed by atoms with van der Waals surface area (Å²) in [5.41, 5.74) is 1.10. The van der Waals surface area contributed by atoms with Crippen molar-refractivity contribution in [1.82, 2.24) is 5.32 Å². The van der Waals surface area contributed by atoms with E-state index in [0.717, 1.165) is 5.56 Å². The number of hydrogen-bond donors (Lipinski definition) is 2. The van der Waals surface area contributed by atoms with Gasteiger partial charge in [0.2, 0.25) is 5.91 Å². The summed E-state index contributed by atoms with van der Waals surface area (Å²) in [6, 6.07) is 9.63. The molecule has 314 valence electrons. The highest BCUT2D eigenvalue weighted by atomic mass is 16.6. The number of amides is 1. The van der Waals surface area contributed by atoms with Gasteiger partial charge in [-0.2, -0.15) is 0 Å². The van der Waals surface area contributed by atoms with Crippen molar-refractivity contribution in [2.45, 2.75) is 25.7 Å². The Hall–Kier alpha value is -4.20. The molecule has 0 radical (unpaired) electrons. The molecule has 0 aromatic heterocycles. The first kappa shape index (κ1) is 48.0. The Morgan fingerprint density at radius 3 is 1.57 bits per heavy atom. The number of carbonyl (C=O) groups excluding carboxylic acids is 2. The van der Waals surface area contributed by atoms with Gasteiger partial charge >= 0.3 is 0 Å². The van der Waals surface area contributed by atoms with Gasteiger partial charge in [-0.15, -0.1) is 0 Å². The zero-order valence-corrected chi connectivity index (χ0v) is 32.6. The normalized spacial score (nSPS) is 11.2. The van der Waals surface area contributed by atoms with E-state index < -0.39 is 4.92 Å². The van der Waals surface area contributed by atoms with Crippen molar-refractivity contribution < 1.29 is 67.0 Å². The number of ether oxygens (including phenoxy) is 10. The predicted octanol–water partition coefficient (Wildman–Crippen LogP) is 3.56. The first-order valence-electron chi connectivity index (χ1n) is 18.6. The van der Waals surface area contributed by atoms with Crippen molar-refractivity contribution >= 4 is 23.5 Å². The Morgan fingerprint density at radius 1 is 0.661 bits per heavy atom. The van der Waals surface area contributed by atoms with E-state index in [-0.39, 0.29) is 47.3 Å². The average molecular weight is 795 g/mol. The third kappa shape index (κ3) is 23.7. The lowest BCUT2D eigenvalue weighted by molar-refractivity contribution is -0.385. The van der Waals surface area contributed by atoms with Gasteiger partial charge in [0.15, 0.2) is 17.3 Å². The van der Waals surface area contributed by atoms with Crippen molar-refractivity contribution in [3.05, 3.63) is 63.7 Å². The molecular formula is C39H58N2O15. The number of benzene rings is 2. The van der Waals surface area contributed by atoms with Crippen LogP contribution in [-0.2, 0) is 53.9 Å². The van der Waals surface area contributed by atoms with Crippen LogP contribution in [0.3, 0.4) is 0 Å². The topological polar surface area (TPSA) is 202 Å². The molecule has 0 aliphatic heterocycles. The van der Waals surface area contributed by atoms with Crippen molar-refractivity contribution in [1.29, 1.82) is 0 Å². The molecule has 56 heavy (non-hydrogen) atoms. The number of nitro groups is 1. The van der Waals surface area contributed by atoms with Crippen molar-refractivity contribution in [3.8, 4) is 17.2 Å². The number of phenols is 1. The van der Waals surface area contributed by atoms with Gasteiger partial charge in [0.25, 0.3) is 5.69 Å². The number of carbonyl (C=O) groups is 2. The first-order valence-corrected chi connectivity index (χ1v) is 18.6. The molecule has 2 N–H and O–H groups in total. The number of allylic oxidation sites excluding steroid dienone is 1. The van der Waals surface area contributed by atoms with E-state index in [1.165, 1.54) is 38.5 Å². The third-order valence-corrected chi connectivity index (χ3v) is 7.64. The number of aromatic hydroxyl groups is 1. The predicted molar refractivity (Wildman–Crippen MR) is 205 cm³/mol. The van der Waals surface area contributed by atoms with Gasteiger partial charge < -0.3 is 57.8 Å². The van der Waals surface area contributed by atoms with Crippen LogP contribution in [0.25, 0.3) is 6.08 Å². The Balaban J connectivity index is 1.26. The number of methoxy groups -OCH3 is 2. The highest BCUT2D eigenvalue weighted by Gasteiger charge is 2.18. The maximum atomic E-state index is 12.2. The Bertz CT molecular complexity index is 1390. The number of phenolic OH excluding ortho intramolecular Hbond substituents is 1. The molecule has 1 amide bonds. The van der Waals surface area contributed by atoms with E-state index in [1.54, 1.807) is 12.1 Å². The maximum Gasteiger partial charge on any atom is 0.280 e. The highest BCUT2D eigenvalue weighted by Crippen LogP contribution is 2.35. The molecule has 0 saturated carbocycles. The van der Waals surface area contributed by atoms with E-state index >= 15 is 0 Å². The number of rotatable bonds is 36. The first-order chi connectivity index (χ1) is 27.3. The van der Waals surface area contributed by atoms with E-state index in [9.17, 15) is 24.8 Å². The van der Waals surface area contributed by atoms with Crippen LogP contribution in [-0.4, -0.2) is 148 Å². The molecular weight excluding hydrogens is 736 g/mol. The van der Waals surface area contributed by atoms with Gasteiger partial charge in [0.1, 0.15) is 5.75 Å². The maximum absolute atomic E-state index is 12.2. The molecule has 2 rings (SSSR count). The fourth-order valence-electron chi connectivity index (χ4n) is 4.69. The van der Waals surface area contributed by atoms with Crippen LogP contribution in [0.2, 0.25) is 0 Å². The number of ketones is 1. The van der Waals surface area contributed by atoms with Crippen LogP contribution >= 0.6 is 0 Å². The van der Waals surface area contributed by atoms with E-state index in [2.05, 4.69) is 5.32 Å². The minimum Gasteiger partial charge on any atom is -0.508 e. The summed E-state index contributed by atoms with van der Waals surface area (Å²) >= 11 is 0. The van der Waals surface area contributed by atoms with Gasteiger partial charge in [0.05, 0.1) is 130 Å². The molecule has 2 aromatic carbocycles. The molecule has 0 aliphatic rings. The second-order valence-electron chi connectivity index (χ2n) is 11.8. The molecule has 0 bridgehead atoms. The van der Waals surface area contributed by atoms with Crippen molar-refractivity contribution in [2.24, 2.45) is 0 Å². The highest BCUT2D eigenvalue weighted by molar-refractivity contribution is 5.94. The summed E-state index contributed by atoms with van der Waals surface area (Å²) in [6.45, 7) is 7.25. The smallest absolute Gasteiger partial charge is 0.280 e. The van der Waals surface area contributed by atoms with Crippen LogP contribution in [0.1, 0.15) is 30.4 Å². The van der Waals surface area contributed by atoms with Crippen LogP contribution in [0.5, 0.6) is 17.2 Å². The summed E-state index contributed by atoms with van der Waals surface area (Å²) in [5.74, 6) is 0.539. The zero-order valence-electron chi connectivity index (χ0n) is 32.6. The average Bonchev–Trinajstić information content (AvgIpc) is 3.20. The molecule has 0 spiro atoms. The van der Waals surface area contributed by atoms with Gasteiger partial charge in [-0.05, 0) is 48.8 Å². The summed E-state index contributed by atoms with van der Waals surface area (Å²) in [5, 5.41) is 23.6.